The Balaban J connectivity index is 1.83. The summed E-state index contributed by atoms with van der Waals surface area (Å²) in [6.45, 7) is 1.42. The highest BCUT2D eigenvalue weighted by atomic mass is 16.4. The van der Waals surface area contributed by atoms with Gasteiger partial charge in [0.05, 0.1) is 29.2 Å². The Bertz CT molecular complexity index is 1630. The number of aromatic hydroxyl groups is 1. The number of carbonyl (C=O) groups is 4. The minimum atomic E-state index is -3.01. The zero-order valence-electron chi connectivity index (χ0n) is 22.3. The molecule has 3 aliphatic rings. The molecular formula is C30H28N2O9. The van der Waals surface area contributed by atoms with Crippen LogP contribution in [0.2, 0.25) is 0 Å². The molecule has 0 saturated heterocycles. The zero-order chi connectivity index (χ0) is 30.1. The van der Waals surface area contributed by atoms with E-state index in [9.17, 15) is 44.7 Å². The minimum absolute atomic E-state index is 0.150. The fourth-order valence-electron chi connectivity index (χ4n) is 6.30. The summed E-state index contributed by atoms with van der Waals surface area (Å²) >= 11 is 0. The van der Waals surface area contributed by atoms with E-state index in [0.29, 0.717) is 11.1 Å². The first-order chi connectivity index (χ1) is 19.2. The third-order valence-corrected chi connectivity index (χ3v) is 8.17. The van der Waals surface area contributed by atoms with Gasteiger partial charge in [-0.1, -0.05) is 42.5 Å². The standard InChI is InChI=1S/C30H28N2O9/c1-12(33)14-9-7-13(8-10-14)11-16-15-5-4-6-17(34)18(15)24(35)20-19(16)25(36)22-23(32(2)3)26(37)21(29(31)40)28(39)30(22,41)27(20)38/h4-11,19,22-23,25,34-36,39,41H,1-3H3,(H2,31,40)/b16-11+. The summed E-state index contributed by atoms with van der Waals surface area (Å²) in [6, 6.07) is 9.33. The molecule has 11 nitrogen and oxygen atoms in total. The number of amides is 1. The second-order valence-corrected chi connectivity index (χ2v) is 10.7. The third kappa shape index (κ3) is 3.85. The van der Waals surface area contributed by atoms with E-state index in [-0.39, 0.29) is 22.5 Å². The average molecular weight is 561 g/mol. The number of aliphatic hydroxyl groups excluding tert-OH is 3. The van der Waals surface area contributed by atoms with Crippen LogP contribution in [0.3, 0.4) is 0 Å². The second kappa shape index (κ2) is 9.51. The number of nitrogens with zero attached hydrogens (tertiary/aromatic N) is 1. The molecule has 7 N–H and O–H groups in total. The summed E-state index contributed by atoms with van der Waals surface area (Å²) in [5, 5.41) is 56.8. The fraction of sp³-hybridized carbons (Fsp3) is 0.267. The van der Waals surface area contributed by atoms with Gasteiger partial charge in [-0.15, -0.1) is 0 Å². The number of phenolic OH excluding ortho intramolecular Hbond substituents is 1. The Morgan fingerprint density at radius 1 is 1.02 bits per heavy atom. The van der Waals surface area contributed by atoms with Gasteiger partial charge in [0.1, 0.15) is 22.8 Å². The molecule has 212 valence electrons. The fourth-order valence-corrected chi connectivity index (χ4v) is 6.30. The SMILES string of the molecule is CC(=O)c1ccc(/C=C2\c3cccc(O)c3C(O)=C3C(=O)C4(O)C(O)=C(C(N)=O)C(=O)C(N(C)C)C4C(O)C32)cc1. The topological polar surface area (TPSA) is 199 Å². The number of hydrogen-bond acceptors (Lipinski definition) is 10. The second-order valence-electron chi connectivity index (χ2n) is 10.7. The lowest BCUT2D eigenvalue weighted by Gasteiger charge is -2.53. The van der Waals surface area contributed by atoms with E-state index < -0.39 is 75.5 Å². The summed E-state index contributed by atoms with van der Waals surface area (Å²) < 4.78 is 0. The van der Waals surface area contributed by atoms with E-state index >= 15 is 0 Å². The van der Waals surface area contributed by atoms with Crippen LogP contribution in [0.25, 0.3) is 17.4 Å². The number of hydrogen-bond donors (Lipinski definition) is 6. The van der Waals surface area contributed by atoms with Gasteiger partial charge in [-0.25, -0.2) is 0 Å². The van der Waals surface area contributed by atoms with Crippen LogP contribution in [0.4, 0.5) is 0 Å². The summed E-state index contributed by atoms with van der Waals surface area (Å²) in [5.41, 5.74) is 2.20. The molecule has 1 saturated carbocycles. The Hall–Kier alpha value is -4.58. The number of benzene rings is 2. The molecule has 5 atom stereocenters. The maximum absolute atomic E-state index is 14.2. The smallest absolute Gasteiger partial charge is 0.255 e. The summed E-state index contributed by atoms with van der Waals surface area (Å²) in [5.74, 6) is -9.27. The predicted molar refractivity (Wildman–Crippen MR) is 146 cm³/mol. The van der Waals surface area contributed by atoms with Crippen molar-refractivity contribution in [2.75, 3.05) is 14.1 Å². The van der Waals surface area contributed by atoms with Crippen LogP contribution in [0.5, 0.6) is 5.75 Å². The number of fused-ring (bicyclic) bond motifs is 3. The van der Waals surface area contributed by atoms with Gasteiger partial charge >= 0.3 is 0 Å². The van der Waals surface area contributed by atoms with Gasteiger partial charge in [0, 0.05) is 11.5 Å². The average Bonchev–Trinajstić information content (AvgIpc) is 2.90. The van der Waals surface area contributed by atoms with Gasteiger partial charge in [0.2, 0.25) is 5.78 Å². The normalized spacial score (nSPS) is 28.5. The first-order valence-electron chi connectivity index (χ1n) is 12.7. The number of carbonyl (C=O) groups excluding carboxylic acids is 4. The van der Waals surface area contributed by atoms with Crippen LogP contribution < -0.4 is 5.73 Å². The minimum Gasteiger partial charge on any atom is -0.508 e. The van der Waals surface area contributed by atoms with Gasteiger partial charge in [-0.3, -0.25) is 24.1 Å². The first-order valence-corrected chi connectivity index (χ1v) is 12.7. The van der Waals surface area contributed by atoms with Gasteiger partial charge in [-0.05, 0) is 43.8 Å². The number of phenols is 1. The number of rotatable bonds is 4. The quantitative estimate of drug-likeness (QED) is 0.233. The molecule has 1 amide bonds. The van der Waals surface area contributed by atoms with E-state index in [4.69, 9.17) is 5.73 Å². The Morgan fingerprint density at radius 3 is 2.22 bits per heavy atom. The Morgan fingerprint density at radius 2 is 1.66 bits per heavy atom. The highest BCUT2D eigenvalue weighted by Gasteiger charge is 2.68. The summed E-state index contributed by atoms with van der Waals surface area (Å²) in [6.07, 6.45) is -0.180. The lowest BCUT2D eigenvalue weighted by atomic mass is 9.55. The monoisotopic (exact) mass is 560 g/mol. The molecule has 2 aromatic carbocycles. The van der Waals surface area contributed by atoms with E-state index in [1.807, 2.05) is 0 Å². The van der Waals surface area contributed by atoms with Crippen molar-refractivity contribution in [2.45, 2.75) is 24.7 Å². The van der Waals surface area contributed by atoms with E-state index in [0.717, 1.165) is 0 Å². The predicted octanol–water partition coefficient (Wildman–Crippen LogP) is 1.14. The van der Waals surface area contributed by atoms with Crippen LogP contribution in [-0.2, 0) is 14.4 Å². The molecule has 0 heterocycles. The molecule has 41 heavy (non-hydrogen) atoms. The maximum Gasteiger partial charge on any atom is 0.255 e. The molecule has 0 bridgehead atoms. The Kier molecular flexibility index (Phi) is 6.49. The highest BCUT2D eigenvalue weighted by Crippen LogP contribution is 2.56. The molecule has 5 unspecified atom stereocenters. The van der Waals surface area contributed by atoms with Gasteiger partial charge in [0.15, 0.2) is 17.2 Å². The molecule has 0 spiro atoms. The molecule has 0 aromatic heterocycles. The van der Waals surface area contributed by atoms with Crippen LogP contribution >= 0.6 is 0 Å². The largest absolute Gasteiger partial charge is 0.508 e. The van der Waals surface area contributed by atoms with Crippen molar-refractivity contribution in [3.8, 4) is 5.75 Å². The van der Waals surface area contributed by atoms with Crippen LogP contribution in [0.1, 0.15) is 34.0 Å². The number of primary amides is 1. The van der Waals surface area contributed by atoms with Crippen molar-refractivity contribution in [1.29, 1.82) is 0 Å². The summed E-state index contributed by atoms with van der Waals surface area (Å²) in [4.78, 5) is 52.8. The van der Waals surface area contributed by atoms with E-state index in [1.165, 1.54) is 38.1 Å². The van der Waals surface area contributed by atoms with Crippen LogP contribution in [0, 0.1) is 11.8 Å². The van der Waals surface area contributed by atoms with Gasteiger partial charge in [-0.2, -0.15) is 0 Å². The van der Waals surface area contributed by atoms with Crippen LogP contribution in [-0.4, -0.2) is 85.5 Å². The van der Waals surface area contributed by atoms with Gasteiger partial charge < -0.3 is 31.3 Å². The van der Waals surface area contributed by atoms with E-state index in [1.54, 1.807) is 36.4 Å². The van der Waals surface area contributed by atoms with Crippen molar-refractivity contribution in [3.63, 3.8) is 0 Å². The number of Topliss-reactive ketones (excluding diaryl/α,β-unsaturated/α-hetero) is 3. The van der Waals surface area contributed by atoms with Crippen molar-refractivity contribution in [3.05, 3.63) is 81.6 Å². The van der Waals surface area contributed by atoms with Crippen molar-refractivity contribution >= 4 is 40.7 Å². The zero-order valence-corrected chi connectivity index (χ0v) is 22.3. The number of aliphatic hydroxyl groups is 4. The van der Waals surface area contributed by atoms with Crippen LogP contribution in [0.15, 0.2) is 59.4 Å². The first kappa shape index (κ1) is 28.0. The van der Waals surface area contributed by atoms with Gasteiger partial charge in [0.25, 0.3) is 5.91 Å². The molecule has 5 rings (SSSR count). The van der Waals surface area contributed by atoms with E-state index in [2.05, 4.69) is 0 Å². The molecular weight excluding hydrogens is 532 g/mol. The summed E-state index contributed by atoms with van der Waals surface area (Å²) in [7, 11) is 2.87. The molecule has 3 aliphatic carbocycles. The molecule has 2 aromatic rings. The molecule has 0 aliphatic heterocycles. The number of likely N-dealkylation sites (N-methyl/N-ethyl adjacent to an activating group) is 1. The van der Waals surface area contributed by atoms with Crippen molar-refractivity contribution in [2.24, 2.45) is 17.6 Å². The molecule has 1 fully saturated rings. The molecule has 0 radical (unpaired) electrons. The van der Waals surface area contributed by atoms with Crippen molar-refractivity contribution < 1.29 is 44.7 Å². The maximum atomic E-state index is 14.2. The number of nitrogens with two attached hydrogens (primary N) is 1. The third-order valence-electron chi connectivity index (χ3n) is 8.17. The van der Waals surface area contributed by atoms with Crippen molar-refractivity contribution in [1.82, 2.24) is 4.90 Å². The lowest BCUT2D eigenvalue weighted by Crippen LogP contribution is -2.70. The number of ketones is 3. The Labute approximate surface area is 234 Å². The molecule has 11 heteroatoms. The highest BCUT2D eigenvalue weighted by molar-refractivity contribution is 6.25. The lowest BCUT2D eigenvalue weighted by molar-refractivity contribution is -0.166.